The second-order valence-corrected chi connectivity index (χ2v) is 2.59. The van der Waals surface area contributed by atoms with Crippen molar-refractivity contribution in [2.75, 3.05) is 7.05 Å². The maximum absolute atomic E-state index is 10.5. The number of rotatable bonds is 1. The first-order valence-electron chi connectivity index (χ1n) is 4.07. The highest BCUT2D eigenvalue weighted by Gasteiger charge is 2.41. The average Bonchev–Trinajstić information content (AvgIpc) is 2.72. The van der Waals surface area contributed by atoms with Crippen molar-refractivity contribution in [3.63, 3.8) is 0 Å². The quantitative estimate of drug-likeness (QED) is 0.634. The molecule has 0 atom stereocenters. The van der Waals surface area contributed by atoms with Crippen LogP contribution in [0.2, 0.25) is 0 Å². The van der Waals surface area contributed by atoms with Gasteiger partial charge in [-0.15, -0.1) is 0 Å². The standard InChI is InChI=1S/C6H11NO2.C2H6/c1-6(3-4-6)9-5(8)7-2;1-2/h3-4H2,1-2H3,(H,7,8);1-2H3. The first-order valence-corrected chi connectivity index (χ1v) is 4.07. The predicted molar refractivity (Wildman–Crippen MR) is 44.5 cm³/mol. The Labute approximate surface area is 68.1 Å². The molecular weight excluding hydrogens is 142 g/mol. The molecule has 3 nitrogen and oxygen atoms in total. The van der Waals surface area contributed by atoms with Crippen LogP contribution in [0.5, 0.6) is 0 Å². The summed E-state index contributed by atoms with van der Waals surface area (Å²) in [5.74, 6) is 0. The van der Waals surface area contributed by atoms with Crippen molar-refractivity contribution in [1.82, 2.24) is 5.32 Å². The van der Waals surface area contributed by atoms with Crippen molar-refractivity contribution >= 4 is 6.09 Å². The van der Waals surface area contributed by atoms with E-state index in [0.717, 1.165) is 12.8 Å². The monoisotopic (exact) mass is 159 g/mol. The van der Waals surface area contributed by atoms with Crippen LogP contribution in [0.1, 0.15) is 33.6 Å². The van der Waals surface area contributed by atoms with Crippen LogP contribution in [0.3, 0.4) is 0 Å². The molecule has 0 unspecified atom stereocenters. The van der Waals surface area contributed by atoms with Crippen LogP contribution in [0.25, 0.3) is 0 Å². The molecule has 0 heterocycles. The minimum Gasteiger partial charge on any atom is -0.443 e. The van der Waals surface area contributed by atoms with Crippen LogP contribution in [0.15, 0.2) is 0 Å². The van der Waals surface area contributed by atoms with Gasteiger partial charge in [-0.3, -0.25) is 0 Å². The summed E-state index contributed by atoms with van der Waals surface area (Å²) in [6.07, 6.45) is 1.68. The van der Waals surface area contributed by atoms with Crippen molar-refractivity contribution in [2.24, 2.45) is 0 Å². The maximum Gasteiger partial charge on any atom is 0.407 e. The molecule has 0 aromatic carbocycles. The van der Waals surface area contributed by atoms with Crippen molar-refractivity contribution in [3.05, 3.63) is 0 Å². The third-order valence-electron chi connectivity index (χ3n) is 1.50. The maximum atomic E-state index is 10.5. The molecular formula is C8H17NO2. The van der Waals surface area contributed by atoms with E-state index in [0.29, 0.717) is 0 Å². The van der Waals surface area contributed by atoms with Gasteiger partial charge in [0.15, 0.2) is 0 Å². The summed E-state index contributed by atoms with van der Waals surface area (Å²) in [5, 5.41) is 2.40. The van der Waals surface area contributed by atoms with Crippen molar-refractivity contribution in [2.45, 2.75) is 39.2 Å². The third kappa shape index (κ3) is 3.86. The minimum absolute atomic E-state index is 0.139. The summed E-state index contributed by atoms with van der Waals surface area (Å²) in [5.41, 5.74) is -0.139. The van der Waals surface area contributed by atoms with Crippen LogP contribution < -0.4 is 5.32 Å². The highest BCUT2D eigenvalue weighted by molar-refractivity contribution is 5.67. The van der Waals surface area contributed by atoms with Gasteiger partial charge in [-0.25, -0.2) is 4.79 Å². The summed E-state index contributed by atoms with van der Waals surface area (Å²) in [6.45, 7) is 5.93. The van der Waals surface area contributed by atoms with Crippen LogP contribution in [-0.2, 0) is 4.74 Å². The van der Waals surface area contributed by atoms with Gasteiger partial charge in [-0.2, -0.15) is 0 Å². The largest absolute Gasteiger partial charge is 0.443 e. The fourth-order valence-corrected chi connectivity index (χ4v) is 0.553. The van der Waals surface area contributed by atoms with Crippen molar-refractivity contribution in [3.8, 4) is 0 Å². The van der Waals surface area contributed by atoms with Gasteiger partial charge in [0.05, 0.1) is 0 Å². The lowest BCUT2D eigenvalue weighted by Crippen LogP contribution is -2.24. The van der Waals surface area contributed by atoms with Gasteiger partial charge < -0.3 is 10.1 Å². The van der Waals surface area contributed by atoms with Gasteiger partial charge in [0.2, 0.25) is 0 Å². The van der Waals surface area contributed by atoms with Crippen molar-refractivity contribution in [1.29, 1.82) is 0 Å². The Bertz CT molecular complexity index is 130. The number of nitrogens with one attached hydrogen (secondary N) is 1. The number of ether oxygens (including phenoxy) is 1. The molecule has 0 spiro atoms. The number of alkyl carbamates (subject to hydrolysis) is 1. The summed E-state index contributed by atoms with van der Waals surface area (Å²) in [6, 6.07) is 0. The predicted octanol–water partition coefficient (Wildman–Crippen LogP) is 1.92. The molecule has 1 aliphatic rings. The summed E-state index contributed by atoms with van der Waals surface area (Å²) < 4.78 is 4.95. The fourth-order valence-electron chi connectivity index (χ4n) is 0.553. The Morgan fingerprint density at radius 3 is 2.18 bits per heavy atom. The first kappa shape index (κ1) is 10.3. The number of amides is 1. The van der Waals surface area contributed by atoms with E-state index < -0.39 is 0 Å². The molecule has 3 heteroatoms. The van der Waals surface area contributed by atoms with Crippen molar-refractivity contribution < 1.29 is 9.53 Å². The molecule has 1 aliphatic carbocycles. The Morgan fingerprint density at radius 2 is 1.91 bits per heavy atom. The van der Waals surface area contributed by atoms with E-state index in [2.05, 4.69) is 5.32 Å². The number of hydrogen-bond donors (Lipinski definition) is 1. The number of hydrogen-bond acceptors (Lipinski definition) is 2. The van der Waals surface area contributed by atoms with Crippen LogP contribution >= 0.6 is 0 Å². The zero-order valence-corrected chi connectivity index (χ0v) is 7.73. The highest BCUT2D eigenvalue weighted by atomic mass is 16.6. The lowest BCUT2D eigenvalue weighted by Gasteiger charge is -2.08. The highest BCUT2D eigenvalue weighted by Crippen LogP contribution is 2.38. The second-order valence-electron chi connectivity index (χ2n) is 2.59. The molecule has 0 bridgehead atoms. The lowest BCUT2D eigenvalue weighted by molar-refractivity contribution is 0.0953. The van der Waals surface area contributed by atoms with E-state index in [1.54, 1.807) is 7.05 Å². The summed E-state index contributed by atoms with van der Waals surface area (Å²) in [4.78, 5) is 10.5. The zero-order chi connectivity index (χ0) is 8.91. The van der Waals surface area contributed by atoms with E-state index in [-0.39, 0.29) is 11.7 Å². The van der Waals surface area contributed by atoms with E-state index in [9.17, 15) is 4.79 Å². The van der Waals surface area contributed by atoms with E-state index in [4.69, 9.17) is 4.74 Å². The summed E-state index contributed by atoms with van der Waals surface area (Å²) in [7, 11) is 1.56. The van der Waals surface area contributed by atoms with E-state index in [1.165, 1.54) is 0 Å². The Morgan fingerprint density at radius 1 is 1.45 bits per heavy atom. The third-order valence-corrected chi connectivity index (χ3v) is 1.50. The van der Waals surface area contributed by atoms with Crippen LogP contribution in [0, 0.1) is 0 Å². The van der Waals surface area contributed by atoms with Gasteiger partial charge in [0, 0.05) is 7.05 Å². The Balaban J connectivity index is 0.000000461. The molecule has 0 aromatic heterocycles. The number of carbonyl (C=O) groups excluding carboxylic acids is 1. The van der Waals surface area contributed by atoms with Gasteiger partial charge in [-0.1, -0.05) is 13.8 Å². The molecule has 66 valence electrons. The van der Waals surface area contributed by atoms with Crippen LogP contribution in [0.4, 0.5) is 4.79 Å². The number of carbonyl (C=O) groups is 1. The van der Waals surface area contributed by atoms with E-state index in [1.807, 2.05) is 20.8 Å². The molecule has 1 fully saturated rings. The lowest BCUT2D eigenvalue weighted by atomic mass is 10.4. The Kier molecular flexibility index (Phi) is 3.93. The van der Waals surface area contributed by atoms with E-state index >= 15 is 0 Å². The normalized spacial score (nSPS) is 17.5. The molecule has 1 N–H and O–H groups in total. The smallest absolute Gasteiger partial charge is 0.407 e. The van der Waals surface area contributed by atoms with Gasteiger partial charge in [0.1, 0.15) is 5.60 Å². The topological polar surface area (TPSA) is 38.3 Å². The fraction of sp³-hybridized carbons (Fsp3) is 0.875. The van der Waals surface area contributed by atoms with Gasteiger partial charge >= 0.3 is 6.09 Å². The second kappa shape index (κ2) is 4.21. The molecule has 0 radical (unpaired) electrons. The molecule has 1 saturated carbocycles. The van der Waals surface area contributed by atoms with Gasteiger partial charge in [0.25, 0.3) is 0 Å². The average molecular weight is 159 g/mol. The SMILES string of the molecule is CC.CNC(=O)OC1(C)CC1. The van der Waals surface area contributed by atoms with Crippen LogP contribution in [-0.4, -0.2) is 18.7 Å². The van der Waals surface area contributed by atoms with Gasteiger partial charge in [-0.05, 0) is 19.8 Å². The summed E-state index contributed by atoms with van der Waals surface area (Å²) >= 11 is 0. The first-order chi connectivity index (χ1) is 5.16. The molecule has 0 aliphatic heterocycles. The molecule has 0 aromatic rings. The molecule has 1 amide bonds. The zero-order valence-electron chi connectivity index (χ0n) is 7.73. The molecule has 0 saturated heterocycles. The molecule has 1 rings (SSSR count). The minimum atomic E-state index is -0.324. The molecule has 11 heavy (non-hydrogen) atoms. The Hall–Kier alpha value is -0.730.